The van der Waals surface area contributed by atoms with Crippen LogP contribution in [0.25, 0.3) is 22.2 Å². The lowest BCUT2D eigenvalue weighted by Crippen LogP contribution is -2.19. The summed E-state index contributed by atoms with van der Waals surface area (Å²) in [6.07, 6.45) is 6.04. The summed E-state index contributed by atoms with van der Waals surface area (Å²) in [7, 11) is 1.77. The van der Waals surface area contributed by atoms with Crippen LogP contribution in [0.4, 0.5) is 4.39 Å². The van der Waals surface area contributed by atoms with Crippen LogP contribution in [0, 0.1) is 5.82 Å². The standard InChI is InChI=1S/C22H21FN6/c1-28-26-22(25-27-28)13-15-2-7-21-19(12-15)20(16-8-10-24-11-9-16)14-29(21)18-5-3-17(23)4-6-18/h2-8,12,14,24H,9-11,13H2,1H3. The van der Waals surface area contributed by atoms with Gasteiger partial charge in [0.2, 0.25) is 0 Å². The second-order valence-corrected chi connectivity index (χ2v) is 7.30. The molecule has 3 heterocycles. The van der Waals surface area contributed by atoms with Gasteiger partial charge in [0.15, 0.2) is 5.82 Å². The molecule has 0 fully saturated rings. The third-order valence-electron chi connectivity index (χ3n) is 5.30. The largest absolute Gasteiger partial charge is 0.316 e. The summed E-state index contributed by atoms with van der Waals surface area (Å²) in [4.78, 5) is 1.48. The Kier molecular flexibility index (Phi) is 4.44. The van der Waals surface area contributed by atoms with Gasteiger partial charge in [0, 0.05) is 35.8 Å². The number of nitrogens with zero attached hydrogens (tertiary/aromatic N) is 5. The minimum atomic E-state index is -0.231. The van der Waals surface area contributed by atoms with Crippen molar-refractivity contribution < 1.29 is 4.39 Å². The number of hydrogen-bond acceptors (Lipinski definition) is 4. The summed E-state index contributed by atoms with van der Waals surface area (Å²) >= 11 is 0. The lowest BCUT2D eigenvalue weighted by Gasteiger charge is -2.13. The van der Waals surface area contributed by atoms with E-state index in [1.165, 1.54) is 33.5 Å². The summed E-state index contributed by atoms with van der Waals surface area (Å²) in [5.74, 6) is 0.470. The molecule has 1 aliphatic heterocycles. The zero-order valence-corrected chi connectivity index (χ0v) is 16.1. The van der Waals surface area contributed by atoms with Gasteiger partial charge < -0.3 is 9.88 Å². The van der Waals surface area contributed by atoms with E-state index >= 15 is 0 Å². The number of rotatable bonds is 4. The highest BCUT2D eigenvalue weighted by atomic mass is 19.1. The van der Waals surface area contributed by atoms with E-state index in [-0.39, 0.29) is 5.82 Å². The average Bonchev–Trinajstić information content (AvgIpc) is 3.32. The monoisotopic (exact) mass is 388 g/mol. The minimum absolute atomic E-state index is 0.231. The number of fused-ring (bicyclic) bond motifs is 1. The molecule has 0 saturated carbocycles. The van der Waals surface area contributed by atoms with E-state index in [2.05, 4.69) is 55.8 Å². The van der Waals surface area contributed by atoms with Gasteiger partial charge >= 0.3 is 0 Å². The molecule has 6 nitrogen and oxygen atoms in total. The van der Waals surface area contributed by atoms with Gasteiger partial charge in [-0.05, 0) is 65.7 Å². The molecule has 0 bridgehead atoms. The second kappa shape index (κ2) is 7.25. The van der Waals surface area contributed by atoms with Crippen LogP contribution in [-0.2, 0) is 13.5 Å². The Morgan fingerprint density at radius 1 is 1.14 bits per heavy atom. The Morgan fingerprint density at radius 2 is 2.00 bits per heavy atom. The molecule has 4 aromatic rings. The van der Waals surface area contributed by atoms with Crippen molar-refractivity contribution in [2.45, 2.75) is 12.8 Å². The minimum Gasteiger partial charge on any atom is -0.316 e. The quantitative estimate of drug-likeness (QED) is 0.583. The fourth-order valence-electron chi connectivity index (χ4n) is 3.90. The molecular weight excluding hydrogens is 367 g/mol. The lowest BCUT2D eigenvalue weighted by atomic mass is 9.98. The zero-order valence-electron chi connectivity index (χ0n) is 16.1. The van der Waals surface area contributed by atoms with E-state index in [1.54, 1.807) is 7.05 Å². The number of halogens is 1. The average molecular weight is 388 g/mol. The first-order chi connectivity index (χ1) is 14.2. The molecule has 0 unspecified atom stereocenters. The fraction of sp³-hybridized carbons (Fsp3) is 0.227. The predicted molar refractivity (Wildman–Crippen MR) is 110 cm³/mol. The van der Waals surface area contributed by atoms with Crippen molar-refractivity contribution in [3.8, 4) is 5.69 Å². The van der Waals surface area contributed by atoms with Gasteiger partial charge in [-0.15, -0.1) is 10.2 Å². The summed E-state index contributed by atoms with van der Waals surface area (Å²) in [6.45, 7) is 1.85. The Balaban J connectivity index is 1.64. The summed E-state index contributed by atoms with van der Waals surface area (Å²) in [5, 5.41) is 16.9. The molecule has 0 radical (unpaired) electrons. The van der Waals surface area contributed by atoms with Crippen molar-refractivity contribution >= 4 is 16.5 Å². The summed E-state index contributed by atoms with van der Waals surface area (Å²) in [5.41, 5.74) is 5.74. The second-order valence-electron chi connectivity index (χ2n) is 7.30. The number of nitrogens with one attached hydrogen (secondary N) is 1. The maximum atomic E-state index is 13.4. The molecule has 2 aromatic heterocycles. The van der Waals surface area contributed by atoms with E-state index < -0.39 is 0 Å². The molecule has 0 saturated heterocycles. The fourth-order valence-corrected chi connectivity index (χ4v) is 3.90. The van der Waals surface area contributed by atoms with Crippen LogP contribution in [0.15, 0.2) is 54.7 Å². The molecule has 2 aromatic carbocycles. The van der Waals surface area contributed by atoms with Crippen molar-refractivity contribution in [2.24, 2.45) is 7.05 Å². The van der Waals surface area contributed by atoms with E-state index in [0.29, 0.717) is 12.2 Å². The van der Waals surface area contributed by atoms with Crippen molar-refractivity contribution in [1.82, 2.24) is 30.1 Å². The van der Waals surface area contributed by atoms with Crippen molar-refractivity contribution in [1.29, 1.82) is 0 Å². The highest BCUT2D eigenvalue weighted by Gasteiger charge is 2.16. The van der Waals surface area contributed by atoms with Crippen LogP contribution >= 0.6 is 0 Å². The predicted octanol–water partition coefficient (Wildman–Crippen LogP) is 3.26. The van der Waals surface area contributed by atoms with E-state index in [0.717, 1.165) is 36.3 Å². The van der Waals surface area contributed by atoms with E-state index in [9.17, 15) is 4.39 Å². The number of tetrazole rings is 1. The highest BCUT2D eigenvalue weighted by Crippen LogP contribution is 2.33. The van der Waals surface area contributed by atoms with Crippen molar-refractivity contribution in [3.63, 3.8) is 0 Å². The third-order valence-corrected chi connectivity index (χ3v) is 5.30. The number of aryl methyl sites for hydroxylation is 1. The number of aromatic nitrogens is 5. The maximum Gasteiger partial charge on any atom is 0.179 e. The lowest BCUT2D eigenvalue weighted by molar-refractivity contribution is 0.627. The van der Waals surface area contributed by atoms with Gasteiger partial charge in [0.1, 0.15) is 5.82 Å². The molecule has 1 N–H and O–H groups in total. The SMILES string of the molecule is Cn1nnc(Cc2ccc3c(c2)c(C2=CCNCC2)cn3-c2ccc(F)cc2)n1. The van der Waals surface area contributed by atoms with Crippen molar-refractivity contribution in [3.05, 3.63) is 77.5 Å². The van der Waals surface area contributed by atoms with Crippen molar-refractivity contribution in [2.75, 3.05) is 13.1 Å². The van der Waals surface area contributed by atoms with Gasteiger partial charge in [0.05, 0.1) is 12.6 Å². The van der Waals surface area contributed by atoms with Gasteiger partial charge in [-0.3, -0.25) is 0 Å². The number of hydrogen-bond donors (Lipinski definition) is 1. The first kappa shape index (κ1) is 17.8. The highest BCUT2D eigenvalue weighted by molar-refractivity contribution is 5.95. The molecule has 146 valence electrons. The molecule has 5 rings (SSSR count). The molecule has 0 aliphatic carbocycles. The van der Waals surface area contributed by atoms with Crippen LogP contribution < -0.4 is 5.32 Å². The zero-order chi connectivity index (χ0) is 19.8. The Morgan fingerprint density at radius 3 is 2.72 bits per heavy atom. The van der Waals surface area contributed by atoms with Crippen LogP contribution in [0.1, 0.15) is 23.4 Å². The van der Waals surface area contributed by atoms with Crippen LogP contribution in [0.2, 0.25) is 0 Å². The normalized spacial score (nSPS) is 14.3. The van der Waals surface area contributed by atoms with E-state index in [1.807, 2.05) is 12.1 Å². The van der Waals surface area contributed by atoms with Gasteiger partial charge in [0.25, 0.3) is 0 Å². The Bertz CT molecular complexity index is 1200. The summed E-state index contributed by atoms with van der Waals surface area (Å²) < 4.78 is 15.6. The molecule has 29 heavy (non-hydrogen) atoms. The molecular formula is C22H21FN6. The molecule has 1 aliphatic rings. The molecule has 7 heteroatoms. The Hall–Kier alpha value is -3.32. The molecule has 0 spiro atoms. The summed E-state index contributed by atoms with van der Waals surface area (Å²) in [6, 6.07) is 13.1. The maximum absolute atomic E-state index is 13.4. The molecule has 0 atom stereocenters. The van der Waals surface area contributed by atoms with Gasteiger partial charge in [-0.25, -0.2) is 4.39 Å². The van der Waals surface area contributed by atoms with Gasteiger partial charge in [-0.2, -0.15) is 4.80 Å². The van der Waals surface area contributed by atoms with Crippen LogP contribution in [-0.4, -0.2) is 37.9 Å². The first-order valence-corrected chi connectivity index (χ1v) is 9.70. The smallest absolute Gasteiger partial charge is 0.179 e. The Labute approximate surface area is 167 Å². The van der Waals surface area contributed by atoms with Crippen LogP contribution in [0.5, 0.6) is 0 Å². The first-order valence-electron chi connectivity index (χ1n) is 9.70. The molecule has 0 amide bonds. The topological polar surface area (TPSA) is 60.6 Å². The number of benzene rings is 2. The van der Waals surface area contributed by atoms with Gasteiger partial charge in [-0.1, -0.05) is 12.1 Å². The van der Waals surface area contributed by atoms with E-state index in [4.69, 9.17) is 0 Å². The third kappa shape index (κ3) is 3.45. The van der Waals surface area contributed by atoms with Crippen LogP contribution in [0.3, 0.4) is 0 Å².